The Labute approximate surface area is 107 Å². The lowest BCUT2D eigenvalue weighted by molar-refractivity contribution is 0.446. The van der Waals surface area contributed by atoms with E-state index in [2.05, 4.69) is 54.7 Å². The Morgan fingerprint density at radius 1 is 1.47 bits per heavy atom. The van der Waals surface area contributed by atoms with Gasteiger partial charge in [0.25, 0.3) is 0 Å². The van der Waals surface area contributed by atoms with Gasteiger partial charge in [0.15, 0.2) is 0 Å². The second-order valence-corrected chi connectivity index (χ2v) is 5.67. The minimum atomic E-state index is 0.789. The number of piperidine rings is 1. The summed E-state index contributed by atoms with van der Waals surface area (Å²) in [6.07, 6.45) is 4.48. The normalized spacial score (nSPS) is 21.8. The number of hydrogen-bond acceptors (Lipinski definition) is 2. The highest BCUT2D eigenvalue weighted by molar-refractivity contribution is 9.13. The Balaban J connectivity index is 2.24. The van der Waals surface area contributed by atoms with E-state index in [0.717, 1.165) is 28.1 Å². The van der Waals surface area contributed by atoms with Crippen LogP contribution in [0.2, 0.25) is 0 Å². The topological polar surface area (TPSA) is 16.1 Å². The predicted molar refractivity (Wildman–Crippen MR) is 70.2 cm³/mol. The van der Waals surface area contributed by atoms with Gasteiger partial charge in [0, 0.05) is 19.3 Å². The molecule has 1 fully saturated rings. The smallest absolute Gasteiger partial charge is 0.122 e. The zero-order valence-corrected chi connectivity index (χ0v) is 11.9. The van der Waals surface area contributed by atoms with E-state index in [1.807, 2.05) is 6.20 Å². The predicted octanol–water partition coefficient (Wildman–Crippen LogP) is 3.84. The van der Waals surface area contributed by atoms with Crippen LogP contribution in [-0.4, -0.2) is 18.1 Å². The molecule has 1 atom stereocenters. The van der Waals surface area contributed by atoms with Gasteiger partial charge in [-0.2, -0.15) is 0 Å². The fourth-order valence-electron chi connectivity index (χ4n) is 2.06. The lowest BCUT2D eigenvalue weighted by Crippen LogP contribution is -2.34. The van der Waals surface area contributed by atoms with Crippen LogP contribution in [0.1, 0.15) is 19.8 Å². The SMILES string of the molecule is CC1CCCN(c2ccnc(Br)c2Br)C1. The molecule has 0 aromatic carbocycles. The number of pyridine rings is 1. The molecule has 1 aromatic heterocycles. The van der Waals surface area contributed by atoms with Gasteiger partial charge in [0.1, 0.15) is 4.60 Å². The van der Waals surface area contributed by atoms with Crippen molar-refractivity contribution in [1.82, 2.24) is 4.98 Å². The van der Waals surface area contributed by atoms with Gasteiger partial charge < -0.3 is 4.90 Å². The van der Waals surface area contributed by atoms with Crippen molar-refractivity contribution in [2.45, 2.75) is 19.8 Å². The lowest BCUT2D eigenvalue weighted by atomic mass is 10.00. The zero-order chi connectivity index (χ0) is 10.8. The largest absolute Gasteiger partial charge is 0.370 e. The van der Waals surface area contributed by atoms with Crippen molar-refractivity contribution >= 4 is 37.5 Å². The molecule has 4 heteroatoms. The number of nitrogens with zero attached hydrogens (tertiary/aromatic N) is 2. The number of anilines is 1. The summed E-state index contributed by atoms with van der Waals surface area (Å²) in [4.78, 5) is 6.63. The molecule has 0 saturated carbocycles. The van der Waals surface area contributed by atoms with Gasteiger partial charge in [-0.15, -0.1) is 0 Å². The molecule has 0 bridgehead atoms. The quantitative estimate of drug-likeness (QED) is 0.726. The third kappa shape index (κ3) is 2.53. The first-order chi connectivity index (χ1) is 7.18. The maximum Gasteiger partial charge on any atom is 0.122 e. The van der Waals surface area contributed by atoms with Crippen molar-refractivity contribution in [3.05, 3.63) is 21.3 Å². The standard InChI is InChI=1S/C11H14Br2N2/c1-8-3-2-6-15(7-8)9-4-5-14-11(13)10(9)12/h4-5,8H,2-3,6-7H2,1H3. The molecular weight excluding hydrogens is 320 g/mol. The van der Waals surface area contributed by atoms with Crippen molar-refractivity contribution in [1.29, 1.82) is 0 Å². The average Bonchev–Trinajstić information content (AvgIpc) is 2.22. The summed E-state index contributed by atoms with van der Waals surface area (Å²) in [5.74, 6) is 0.789. The highest BCUT2D eigenvalue weighted by atomic mass is 79.9. The molecule has 1 aromatic rings. The van der Waals surface area contributed by atoms with Gasteiger partial charge in [-0.1, -0.05) is 6.92 Å². The van der Waals surface area contributed by atoms with E-state index < -0.39 is 0 Å². The molecule has 0 spiro atoms. The monoisotopic (exact) mass is 332 g/mol. The molecule has 2 rings (SSSR count). The van der Waals surface area contributed by atoms with E-state index in [1.165, 1.54) is 18.5 Å². The maximum absolute atomic E-state index is 4.20. The van der Waals surface area contributed by atoms with Crippen LogP contribution in [0, 0.1) is 5.92 Å². The summed E-state index contributed by atoms with van der Waals surface area (Å²) >= 11 is 7.03. The molecular formula is C11H14Br2N2. The molecule has 0 aliphatic carbocycles. The van der Waals surface area contributed by atoms with Crippen molar-refractivity contribution in [3.8, 4) is 0 Å². The third-order valence-corrected chi connectivity index (χ3v) is 4.74. The zero-order valence-electron chi connectivity index (χ0n) is 8.71. The highest BCUT2D eigenvalue weighted by Crippen LogP contribution is 2.33. The molecule has 15 heavy (non-hydrogen) atoms. The first kappa shape index (κ1) is 11.4. The summed E-state index contributed by atoms with van der Waals surface area (Å²) in [5, 5.41) is 0. The van der Waals surface area contributed by atoms with E-state index in [1.54, 1.807) is 0 Å². The van der Waals surface area contributed by atoms with Crippen LogP contribution in [-0.2, 0) is 0 Å². The Bertz CT molecular complexity index is 354. The number of aromatic nitrogens is 1. The lowest BCUT2D eigenvalue weighted by Gasteiger charge is -2.33. The molecule has 0 N–H and O–H groups in total. The van der Waals surface area contributed by atoms with Gasteiger partial charge in [0.2, 0.25) is 0 Å². The number of rotatable bonds is 1. The van der Waals surface area contributed by atoms with Crippen molar-refractivity contribution in [3.63, 3.8) is 0 Å². The summed E-state index contributed by atoms with van der Waals surface area (Å²) in [6, 6.07) is 2.08. The van der Waals surface area contributed by atoms with Gasteiger partial charge in [-0.3, -0.25) is 0 Å². The highest BCUT2D eigenvalue weighted by Gasteiger charge is 2.19. The van der Waals surface area contributed by atoms with E-state index >= 15 is 0 Å². The molecule has 2 nitrogen and oxygen atoms in total. The van der Waals surface area contributed by atoms with E-state index in [-0.39, 0.29) is 0 Å². The molecule has 82 valence electrons. The van der Waals surface area contributed by atoms with Crippen LogP contribution in [0.4, 0.5) is 5.69 Å². The Morgan fingerprint density at radius 2 is 2.27 bits per heavy atom. The molecule has 1 aliphatic heterocycles. The first-order valence-corrected chi connectivity index (χ1v) is 6.82. The van der Waals surface area contributed by atoms with E-state index in [4.69, 9.17) is 0 Å². The molecule has 1 unspecified atom stereocenters. The number of hydrogen-bond donors (Lipinski definition) is 0. The maximum atomic E-state index is 4.20. The second kappa shape index (κ2) is 4.83. The summed E-state index contributed by atoms with van der Waals surface area (Å²) in [6.45, 7) is 4.62. The van der Waals surface area contributed by atoms with Crippen LogP contribution < -0.4 is 4.90 Å². The van der Waals surface area contributed by atoms with Gasteiger partial charge in [0.05, 0.1) is 10.2 Å². The molecule has 0 radical (unpaired) electrons. The fraction of sp³-hybridized carbons (Fsp3) is 0.545. The summed E-state index contributed by atoms with van der Waals surface area (Å²) < 4.78 is 1.96. The minimum absolute atomic E-state index is 0.789. The van der Waals surface area contributed by atoms with Gasteiger partial charge in [-0.25, -0.2) is 4.98 Å². The molecule has 2 heterocycles. The average molecular weight is 334 g/mol. The van der Waals surface area contributed by atoms with Crippen molar-refractivity contribution < 1.29 is 0 Å². The molecule has 1 aliphatic rings. The third-order valence-electron chi connectivity index (χ3n) is 2.82. The van der Waals surface area contributed by atoms with Gasteiger partial charge >= 0.3 is 0 Å². The van der Waals surface area contributed by atoms with E-state index in [0.29, 0.717) is 0 Å². The van der Waals surface area contributed by atoms with Crippen LogP contribution in [0.5, 0.6) is 0 Å². The van der Waals surface area contributed by atoms with Crippen molar-refractivity contribution in [2.75, 3.05) is 18.0 Å². The van der Waals surface area contributed by atoms with Crippen molar-refractivity contribution in [2.24, 2.45) is 5.92 Å². The Hall–Kier alpha value is -0.0900. The summed E-state index contributed by atoms with van der Waals surface area (Å²) in [7, 11) is 0. The Kier molecular flexibility index (Phi) is 3.67. The molecule has 1 saturated heterocycles. The van der Waals surface area contributed by atoms with E-state index in [9.17, 15) is 0 Å². The minimum Gasteiger partial charge on any atom is -0.370 e. The van der Waals surface area contributed by atoms with Crippen LogP contribution in [0.3, 0.4) is 0 Å². The second-order valence-electron chi connectivity index (χ2n) is 4.13. The fourth-order valence-corrected chi connectivity index (χ4v) is 2.87. The van der Waals surface area contributed by atoms with Crippen LogP contribution >= 0.6 is 31.9 Å². The number of halogens is 2. The van der Waals surface area contributed by atoms with Crippen LogP contribution in [0.15, 0.2) is 21.3 Å². The summed E-state index contributed by atoms with van der Waals surface area (Å²) in [5.41, 5.74) is 1.25. The van der Waals surface area contributed by atoms with Crippen LogP contribution in [0.25, 0.3) is 0 Å². The molecule has 0 amide bonds. The first-order valence-electron chi connectivity index (χ1n) is 5.23. The van der Waals surface area contributed by atoms with Gasteiger partial charge in [-0.05, 0) is 56.7 Å². The Morgan fingerprint density at radius 3 is 3.00 bits per heavy atom.